The highest BCUT2D eigenvalue weighted by molar-refractivity contribution is 5.81. The molecule has 1 aliphatic carbocycles. The van der Waals surface area contributed by atoms with Gasteiger partial charge in [0.2, 0.25) is 5.91 Å². The molecule has 0 aromatic heterocycles. The van der Waals surface area contributed by atoms with Crippen molar-refractivity contribution in [1.82, 2.24) is 5.32 Å². The molecule has 0 fully saturated rings. The van der Waals surface area contributed by atoms with Crippen LogP contribution in [0.25, 0.3) is 5.57 Å². The molecule has 3 N–H and O–H groups in total. The highest BCUT2D eigenvalue weighted by atomic mass is 19.4. The summed E-state index contributed by atoms with van der Waals surface area (Å²) in [5.74, 6) is -0.417. The lowest BCUT2D eigenvalue weighted by atomic mass is 9.76. The van der Waals surface area contributed by atoms with Gasteiger partial charge in [0.15, 0.2) is 0 Å². The van der Waals surface area contributed by atoms with E-state index in [4.69, 9.17) is 5.73 Å². The third-order valence-electron chi connectivity index (χ3n) is 4.59. The molecule has 2 rings (SSSR count). The van der Waals surface area contributed by atoms with Gasteiger partial charge in [-0.2, -0.15) is 13.2 Å². The number of hydrogen-bond donors (Lipinski definition) is 2. The predicted octanol–water partition coefficient (Wildman–Crippen LogP) is 3.82. The van der Waals surface area contributed by atoms with Crippen molar-refractivity contribution in [2.75, 3.05) is 6.54 Å². The number of halogens is 3. The van der Waals surface area contributed by atoms with Crippen molar-refractivity contribution >= 4 is 11.5 Å². The molecule has 1 amide bonds. The first kappa shape index (κ1) is 19.2. The molecule has 0 saturated carbocycles. The van der Waals surface area contributed by atoms with Gasteiger partial charge < -0.3 is 11.1 Å². The molecule has 1 aromatic carbocycles. The molecule has 3 nitrogen and oxygen atoms in total. The minimum absolute atomic E-state index is 0.0646. The fourth-order valence-electron chi connectivity index (χ4n) is 2.78. The number of hydrogen-bond acceptors (Lipinski definition) is 2. The SMILES string of the molecule is CCC(N)C(=O)NCCC1(C(F)(F)F)C=CC(c2ccccc2)=CC1. The van der Waals surface area contributed by atoms with Crippen LogP contribution < -0.4 is 11.1 Å². The molecule has 6 heteroatoms. The molecule has 1 aromatic rings. The van der Waals surface area contributed by atoms with Crippen LogP contribution in [0.15, 0.2) is 48.6 Å². The zero-order valence-corrected chi connectivity index (χ0v) is 14.1. The highest BCUT2D eigenvalue weighted by Gasteiger charge is 2.52. The van der Waals surface area contributed by atoms with Gasteiger partial charge in [-0.25, -0.2) is 0 Å². The molecule has 0 spiro atoms. The van der Waals surface area contributed by atoms with Crippen LogP contribution in [0.3, 0.4) is 0 Å². The third-order valence-corrected chi connectivity index (χ3v) is 4.59. The summed E-state index contributed by atoms with van der Waals surface area (Å²) in [7, 11) is 0. The van der Waals surface area contributed by atoms with E-state index in [1.54, 1.807) is 13.0 Å². The molecule has 0 heterocycles. The first-order valence-electron chi connectivity index (χ1n) is 8.34. The Labute approximate surface area is 145 Å². The van der Waals surface area contributed by atoms with Crippen LogP contribution in [0.5, 0.6) is 0 Å². The van der Waals surface area contributed by atoms with E-state index in [0.29, 0.717) is 6.42 Å². The number of nitrogens with two attached hydrogens (primary N) is 1. The Bertz CT molecular complexity index is 652. The van der Waals surface area contributed by atoms with Gasteiger partial charge in [0, 0.05) is 6.54 Å². The fraction of sp³-hybridized carbons (Fsp3) is 0.421. The van der Waals surface area contributed by atoms with Crippen LogP contribution in [-0.4, -0.2) is 24.7 Å². The number of alkyl halides is 3. The zero-order valence-electron chi connectivity index (χ0n) is 14.1. The Kier molecular flexibility index (Phi) is 6.06. The topological polar surface area (TPSA) is 55.1 Å². The lowest BCUT2D eigenvalue weighted by molar-refractivity contribution is -0.207. The zero-order chi connectivity index (χ0) is 18.5. The first-order valence-corrected chi connectivity index (χ1v) is 8.34. The molecular formula is C19H23F3N2O. The fourth-order valence-corrected chi connectivity index (χ4v) is 2.78. The summed E-state index contributed by atoms with van der Waals surface area (Å²) < 4.78 is 41.0. The van der Waals surface area contributed by atoms with Crippen LogP contribution in [0.4, 0.5) is 13.2 Å². The van der Waals surface area contributed by atoms with E-state index in [2.05, 4.69) is 5.32 Å². The van der Waals surface area contributed by atoms with Crippen LogP contribution in [0, 0.1) is 5.41 Å². The van der Waals surface area contributed by atoms with E-state index in [1.165, 1.54) is 12.2 Å². The van der Waals surface area contributed by atoms with Crippen molar-refractivity contribution in [2.24, 2.45) is 11.1 Å². The molecule has 2 unspecified atom stereocenters. The summed E-state index contributed by atoms with van der Waals surface area (Å²) in [4.78, 5) is 11.7. The second kappa shape index (κ2) is 7.87. The van der Waals surface area contributed by atoms with E-state index in [1.807, 2.05) is 30.3 Å². The largest absolute Gasteiger partial charge is 0.398 e. The van der Waals surface area contributed by atoms with Gasteiger partial charge in [-0.1, -0.05) is 55.5 Å². The normalized spacial score (nSPS) is 21.6. The van der Waals surface area contributed by atoms with Gasteiger partial charge in [0.25, 0.3) is 0 Å². The van der Waals surface area contributed by atoms with Crippen molar-refractivity contribution < 1.29 is 18.0 Å². The quantitative estimate of drug-likeness (QED) is 0.818. The highest BCUT2D eigenvalue weighted by Crippen LogP contribution is 2.48. The van der Waals surface area contributed by atoms with Crippen molar-refractivity contribution in [2.45, 2.75) is 38.4 Å². The molecule has 25 heavy (non-hydrogen) atoms. The lowest BCUT2D eigenvalue weighted by Crippen LogP contribution is -2.44. The maximum atomic E-state index is 13.7. The number of benzene rings is 1. The Morgan fingerprint density at radius 2 is 2.00 bits per heavy atom. The smallest absolute Gasteiger partial charge is 0.355 e. The Balaban J connectivity index is 2.08. The minimum atomic E-state index is -4.39. The van der Waals surface area contributed by atoms with Crippen LogP contribution in [0.1, 0.15) is 31.7 Å². The van der Waals surface area contributed by atoms with Gasteiger partial charge in [-0.05, 0) is 30.4 Å². The third kappa shape index (κ3) is 4.51. The predicted molar refractivity (Wildman–Crippen MR) is 92.6 cm³/mol. The number of carbonyl (C=O) groups excluding carboxylic acids is 1. The van der Waals surface area contributed by atoms with Gasteiger partial charge >= 0.3 is 6.18 Å². The van der Waals surface area contributed by atoms with Crippen molar-refractivity contribution in [1.29, 1.82) is 0 Å². The summed E-state index contributed by atoms with van der Waals surface area (Å²) in [5.41, 5.74) is 5.28. The van der Waals surface area contributed by atoms with E-state index < -0.39 is 23.5 Å². The molecule has 136 valence electrons. The number of amides is 1. The minimum Gasteiger partial charge on any atom is -0.355 e. The molecule has 1 aliphatic rings. The number of nitrogens with one attached hydrogen (secondary N) is 1. The Morgan fingerprint density at radius 1 is 1.32 bits per heavy atom. The van der Waals surface area contributed by atoms with E-state index >= 15 is 0 Å². The average Bonchev–Trinajstić information content (AvgIpc) is 2.61. The van der Waals surface area contributed by atoms with E-state index in [-0.39, 0.29) is 19.4 Å². The van der Waals surface area contributed by atoms with Gasteiger partial charge in [-0.15, -0.1) is 0 Å². The second-order valence-electron chi connectivity index (χ2n) is 6.27. The van der Waals surface area contributed by atoms with Gasteiger partial charge in [-0.3, -0.25) is 4.79 Å². The Morgan fingerprint density at radius 3 is 2.52 bits per heavy atom. The molecule has 0 bridgehead atoms. The second-order valence-corrected chi connectivity index (χ2v) is 6.27. The molecule has 2 atom stereocenters. The summed E-state index contributed by atoms with van der Waals surface area (Å²) in [6, 6.07) is 8.60. The van der Waals surface area contributed by atoms with Gasteiger partial charge in [0.05, 0.1) is 11.5 Å². The summed E-state index contributed by atoms with van der Waals surface area (Å²) in [5, 5.41) is 2.50. The summed E-state index contributed by atoms with van der Waals surface area (Å²) >= 11 is 0. The van der Waals surface area contributed by atoms with Crippen molar-refractivity contribution in [3.63, 3.8) is 0 Å². The molecule has 0 radical (unpaired) electrons. The molecule has 0 saturated heterocycles. The van der Waals surface area contributed by atoms with Crippen LogP contribution >= 0.6 is 0 Å². The van der Waals surface area contributed by atoms with Crippen LogP contribution in [-0.2, 0) is 4.79 Å². The van der Waals surface area contributed by atoms with E-state index in [0.717, 1.165) is 11.1 Å². The maximum absolute atomic E-state index is 13.7. The maximum Gasteiger partial charge on any atom is 0.398 e. The molecular weight excluding hydrogens is 329 g/mol. The number of rotatable bonds is 6. The lowest BCUT2D eigenvalue weighted by Gasteiger charge is -2.34. The summed E-state index contributed by atoms with van der Waals surface area (Å²) in [6.45, 7) is 1.69. The van der Waals surface area contributed by atoms with Crippen LogP contribution in [0.2, 0.25) is 0 Å². The monoisotopic (exact) mass is 352 g/mol. The summed E-state index contributed by atoms with van der Waals surface area (Å²) in [6.07, 6.45) is 0.0510. The van der Waals surface area contributed by atoms with Crippen molar-refractivity contribution in [3.05, 3.63) is 54.1 Å². The van der Waals surface area contributed by atoms with Gasteiger partial charge in [0.1, 0.15) is 0 Å². The van der Waals surface area contributed by atoms with Crippen molar-refractivity contribution in [3.8, 4) is 0 Å². The number of allylic oxidation sites excluding steroid dienone is 4. The number of carbonyl (C=O) groups is 1. The van der Waals surface area contributed by atoms with E-state index in [9.17, 15) is 18.0 Å². The standard InChI is InChI=1S/C19H23F3N2O/c1-2-16(23)17(25)24-13-12-18(19(20,21)22)10-8-15(9-11-18)14-6-4-3-5-7-14/h3-10,16H,2,11-13,23H2,1H3,(H,24,25). The average molecular weight is 352 g/mol. The first-order chi connectivity index (χ1) is 11.8. The molecule has 0 aliphatic heterocycles. The Hall–Kier alpha value is -2.08.